The molecule has 1 aromatic rings. The van der Waals surface area contributed by atoms with Gasteiger partial charge >= 0.3 is 5.97 Å². The fourth-order valence-corrected chi connectivity index (χ4v) is 2.63. The van der Waals surface area contributed by atoms with Gasteiger partial charge in [0, 0.05) is 38.4 Å². The number of benzene rings is 1. The third kappa shape index (κ3) is 4.46. The van der Waals surface area contributed by atoms with Crippen molar-refractivity contribution in [2.45, 2.75) is 20.8 Å². The number of hydrogen-bond acceptors (Lipinski definition) is 4. The summed E-state index contributed by atoms with van der Waals surface area (Å²) in [6.45, 7) is 11.9. The molecule has 0 saturated carbocycles. The average molecular weight is 289 g/mol. The minimum absolute atomic E-state index is 0.247. The van der Waals surface area contributed by atoms with Gasteiger partial charge in [0.2, 0.25) is 0 Å². The number of carbonyl (C=O) groups excluding carboxylic acids is 1. The zero-order chi connectivity index (χ0) is 15.2. The molecule has 1 aromatic carbocycles. The lowest BCUT2D eigenvalue weighted by molar-refractivity contribution is 0.0526. The van der Waals surface area contributed by atoms with Crippen molar-refractivity contribution in [3.63, 3.8) is 0 Å². The first-order chi connectivity index (χ1) is 10.1. The second-order valence-electron chi connectivity index (χ2n) is 5.74. The molecule has 0 unspecified atom stereocenters. The predicted octanol–water partition coefficient (Wildman–Crippen LogP) is 2.60. The lowest BCUT2D eigenvalue weighted by atomic mass is 10.1. The maximum absolute atomic E-state index is 11.6. The van der Waals surface area contributed by atoms with Crippen LogP contribution in [0.1, 0.15) is 31.1 Å². The average Bonchev–Trinajstić information content (AvgIpc) is 2.48. The van der Waals surface area contributed by atoms with Gasteiger partial charge in [0.1, 0.15) is 0 Å². The molecule has 0 N–H and O–H groups in total. The van der Waals surface area contributed by atoms with E-state index in [1.807, 2.05) is 31.2 Å². The van der Waals surface area contributed by atoms with Crippen molar-refractivity contribution in [3.8, 4) is 0 Å². The summed E-state index contributed by atoms with van der Waals surface area (Å²) in [5, 5.41) is 0. The number of hydrogen-bond donors (Lipinski definition) is 0. The second-order valence-corrected chi connectivity index (χ2v) is 5.74. The van der Waals surface area contributed by atoms with Gasteiger partial charge in [0.05, 0.1) is 12.2 Å². The Morgan fingerprint density at radius 3 is 2.24 bits per heavy atom. The lowest BCUT2D eigenvalue weighted by Crippen LogP contribution is -2.47. The Bertz CT molecular complexity index is 448. The summed E-state index contributed by atoms with van der Waals surface area (Å²) in [6.07, 6.45) is 0. The van der Waals surface area contributed by atoms with Gasteiger partial charge in [-0.15, -0.1) is 0 Å². The normalized spacial score (nSPS) is 16.3. The van der Waals surface area contributed by atoms with Gasteiger partial charge in [-0.3, -0.25) is 4.90 Å². The molecular formula is C17H25N2O2. The molecule has 0 aliphatic carbocycles. The zero-order valence-corrected chi connectivity index (χ0v) is 13.3. The fraction of sp³-hybridized carbons (Fsp3) is 0.529. The van der Waals surface area contributed by atoms with Gasteiger partial charge in [0.25, 0.3) is 0 Å². The third-order valence-electron chi connectivity index (χ3n) is 3.66. The molecule has 2 rings (SSSR count). The molecule has 0 aromatic heterocycles. The molecular weight excluding hydrogens is 264 g/mol. The van der Waals surface area contributed by atoms with Crippen LogP contribution in [-0.4, -0.2) is 50.2 Å². The molecule has 1 aliphatic heterocycles. The molecule has 1 heterocycles. The van der Waals surface area contributed by atoms with E-state index in [0.29, 0.717) is 12.2 Å². The molecule has 1 radical (unpaired) electrons. The molecule has 1 aliphatic rings. The van der Waals surface area contributed by atoms with E-state index in [0.717, 1.165) is 32.7 Å². The van der Waals surface area contributed by atoms with Gasteiger partial charge in [-0.25, -0.2) is 4.79 Å². The summed E-state index contributed by atoms with van der Waals surface area (Å²) in [4.78, 5) is 16.5. The van der Waals surface area contributed by atoms with Crippen molar-refractivity contribution < 1.29 is 9.53 Å². The minimum Gasteiger partial charge on any atom is -0.462 e. The summed E-state index contributed by atoms with van der Waals surface area (Å²) < 4.78 is 5.00. The second kappa shape index (κ2) is 7.46. The highest BCUT2D eigenvalue weighted by atomic mass is 16.5. The number of rotatable bonds is 5. The smallest absolute Gasteiger partial charge is 0.338 e. The van der Waals surface area contributed by atoms with Crippen LogP contribution < -0.4 is 4.90 Å². The van der Waals surface area contributed by atoms with Crippen LogP contribution in [0, 0.1) is 5.92 Å². The maximum atomic E-state index is 11.6. The number of ether oxygens (including phenoxy) is 1. The highest BCUT2D eigenvalue weighted by molar-refractivity contribution is 5.89. The van der Waals surface area contributed by atoms with Crippen LogP contribution in [-0.2, 0) is 4.74 Å². The summed E-state index contributed by atoms with van der Waals surface area (Å²) >= 11 is 0. The fourth-order valence-electron chi connectivity index (χ4n) is 2.63. The molecule has 0 bridgehead atoms. The van der Waals surface area contributed by atoms with E-state index in [1.165, 1.54) is 11.6 Å². The molecule has 1 saturated heterocycles. The van der Waals surface area contributed by atoms with Crippen molar-refractivity contribution in [1.29, 1.82) is 0 Å². The Balaban J connectivity index is 1.90. The first kappa shape index (κ1) is 15.8. The van der Waals surface area contributed by atoms with Gasteiger partial charge in [0.15, 0.2) is 0 Å². The molecule has 0 spiro atoms. The van der Waals surface area contributed by atoms with Gasteiger partial charge in [-0.1, -0.05) is 13.8 Å². The summed E-state index contributed by atoms with van der Waals surface area (Å²) in [7, 11) is 0. The lowest BCUT2D eigenvalue weighted by Gasteiger charge is -2.36. The van der Waals surface area contributed by atoms with Crippen LogP contribution >= 0.6 is 0 Å². The largest absolute Gasteiger partial charge is 0.462 e. The van der Waals surface area contributed by atoms with Crippen molar-refractivity contribution in [1.82, 2.24) is 4.90 Å². The van der Waals surface area contributed by atoms with E-state index in [9.17, 15) is 4.79 Å². The van der Waals surface area contributed by atoms with Gasteiger partial charge in [-0.2, -0.15) is 0 Å². The van der Waals surface area contributed by atoms with Crippen LogP contribution in [0.15, 0.2) is 24.3 Å². The Morgan fingerprint density at radius 2 is 1.71 bits per heavy atom. The Kier molecular flexibility index (Phi) is 5.62. The van der Waals surface area contributed by atoms with E-state index >= 15 is 0 Å². The van der Waals surface area contributed by atoms with Crippen LogP contribution in [0.25, 0.3) is 0 Å². The van der Waals surface area contributed by atoms with Crippen LogP contribution in [0.4, 0.5) is 5.69 Å². The molecule has 115 valence electrons. The van der Waals surface area contributed by atoms with Crippen LogP contribution in [0.2, 0.25) is 0 Å². The number of esters is 1. The standard InChI is InChI=1S/C17H25N2O2/c1-4-21-17(20)15-5-7-16(8-6-15)19-11-9-18(10-12-19)13-14(2)3/h5-8H,4,9-13H2,1-3H3. The van der Waals surface area contributed by atoms with E-state index in [2.05, 4.69) is 23.6 Å². The molecule has 0 amide bonds. The van der Waals surface area contributed by atoms with Crippen molar-refractivity contribution >= 4 is 11.7 Å². The maximum Gasteiger partial charge on any atom is 0.338 e. The van der Waals surface area contributed by atoms with Crippen molar-refractivity contribution in [2.75, 3.05) is 44.2 Å². The summed E-state index contributed by atoms with van der Waals surface area (Å²) in [5.41, 5.74) is 1.80. The highest BCUT2D eigenvalue weighted by Gasteiger charge is 2.18. The Hall–Kier alpha value is -1.55. The number of anilines is 1. The predicted molar refractivity (Wildman–Crippen MR) is 85.6 cm³/mol. The van der Waals surface area contributed by atoms with Crippen LogP contribution in [0.5, 0.6) is 0 Å². The van der Waals surface area contributed by atoms with Gasteiger partial charge < -0.3 is 9.64 Å². The minimum atomic E-state index is -0.247. The van der Waals surface area contributed by atoms with E-state index in [4.69, 9.17) is 4.74 Å². The quantitative estimate of drug-likeness (QED) is 0.780. The monoisotopic (exact) mass is 289 g/mol. The third-order valence-corrected chi connectivity index (χ3v) is 3.66. The first-order valence-corrected chi connectivity index (χ1v) is 7.63. The van der Waals surface area contributed by atoms with E-state index in [1.54, 1.807) is 0 Å². The van der Waals surface area contributed by atoms with Crippen molar-refractivity contribution in [2.24, 2.45) is 0 Å². The topological polar surface area (TPSA) is 32.8 Å². The van der Waals surface area contributed by atoms with Crippen LogP contribution in [0.3, 0.4) is 0 Å². The van der Waals surface area contributed by atoms with E-state index < -0.39 is 0 Å². The molecule has 0 atom stereocenters. The summed E-state index contributed by atoms with van der Waals surface area (Å²) in [6, 6.07) is 7.73. The molecule has 4 nitrogen and oxygen atoms in total. The molecule has 21 heavy (non-hydrogen) atoms. The zero-order valence-electron chi connectivity index (χ0n) is 13.3. The highest BCUT2D eigenvalue weighted by Crippen LogP contribution is 2.18. The number of piperazine rings is 1. The van der Waals surface area contributed by atoms with Crippen molar-refractivity contribution in [3.05, 3.63) is 35.7 Å². The first-order valence-electron chi connectivity index (χ1n) is 7.63. The summed E-state index contributed by atoms with van der Waals surface area (Å²) in [5.74, 6) is 1.21. The molecule has 4 heteroatoms. The SMILES string of the molecule is CCOC(=O)c1ccc(N2CCN(C[C](C)C)CC2)cc1. The van der Waals surface area contributed by atoms with E-state index in [-0.39, 0.29) is 5.97 Å². The Labute approximate surface area is 127 Å². The van der Waals surface area contributed by atoms with Gasteiger partial charge in [-0.05, 0) is 37.1 Å². The molecule has 1 fully saturated rings. The Morgan fingerprint density at radius 1 is 1.10 bits per heavy atom. The number of nitrogens with zero attached hydrogens (tertiary/aromatic N) is 2. The number of carbonyl (C=O) groups is 1.